The van der Waals surface area contributed by atoms with Crippen LogP contribution in [0.3, 0.4) is 0 Å². The summed E-state index contributed by atoms with van der Waals surface area (Å²) in [6.45, 7) is 3.03. The molecule has 1 unspecified atom stereocenters. The van der Waals surface area contributed by atoms with Crippen LogP contribution in [0.25, 0.3) is 0 Å². The van der Waals surface area contributed by atoms with E-state index in [1.165, 1.54) is 0 Å². The van der Waals surface area contributed by atoms with E-state index in [0.29, 0.717) is 12.1 Å². The molecule has 102 valence electrons. The smallest absolute Gasteiger partial charge is 0.341 e. The van der Waals surface area contributed by atoms with Crippen molar-refractivity contribution in [3.63, 3.8) is 0 Å². The fraction of sp³-hybridized carbons (Fsp3) is 0.231. The molecule has 6 nitrogen and oxygen atoms in total. The van der Waals surface area contributed by atoms with Gasteiger partial charge in [-0.3, -0.25) is 4.79 Å². The van der Waals surface area contributed by atoms with E-state index in [4.69, 9.17) is 15.6 Å². The lowest BCUT2D eigenvalue weighted by molar-refractivity contribution is -0.139. The molecule has 0 radical (unpaired) electrons. The van der Waals surface area contributed by atoms with Gasteiger partial charge in [0.05, 0.1) is 11.7 Å². The summed E-state index contributed by atoms with van der Waals surface area (Å²) in [6, 6.07) is 5.84. The fourth-order valence-corrected chi connectivity index (χ4v) is 1.35. The molecule has 1 amide bonds. The summed E-state index contributed by atoms with van der Waals surface area (Å²) in [5.41, 5.74) is 6.01. The number of ether oxygens (including phenoxy) is 1. The second-order valence-electron chi connectivity index (χ2n) is 3.80. The van der Waals surface area contributed by atoms with Gasteiger partial charge in [0.25, 0.3) is 0 Å². The second-order valence-corrected chi connectivity index (χ2v) is 3.80. The molecule has 0 aliphatic carbocycles. The highest BCUT2D eigenvalue weighted by Gasteiger charge is 2.14. The standard InChI is InChI=1S/C13H16N2O4/c1-2-5-9(14)13(18)15-10-6-3-4-7-11(10)19-8-12(16)17/h2-4,6-7,9H,1,5,8,14H2,(H,15,18)(H,16,17). The highest BCUT2D eigenvalue weighted by Crippen LogP contribution is 2.23. The van der Waals surface area contributed by atoms with E-state index in [9.17, 15) is 9.59 Å². The molecule has 0 saturated carbocycles. The minimum absolute atomic E-state index is 0.282. The molecule has 1 aromatic rings. The number of rotatable bonds is 7. The van der Waals surface area contributed by atoms with E-state index in [-0.39, 0.29) is 11.7 Å². The number of nitrogens with one attached hydrogen (secondary N) is 1. The van der Waals surface area contributed by atoms with Gasteiger partial charge in [0.15, 0.2) is 6.61 Å². The van der Waals surface area contributed by atoms with Crippen LogP contribution in [0.15, 0.2) is 36.9 Å². The van der Waals surface area contributed by atoms with Crippen LogP contribution in [0.5, 0.6) is 5.75 Å². The van der Waals surface area contributed by atoms with E-state index in [1.807, 2.05) is 0 Å². The zero-order valence-corrected chi connectivity index (χ0v) is 10.3. The molecule has 0 spiro atoms. The zero-order valence-electron chi connectivity index (χ0n) is 10.3. The van der Waals surface area contributed by atoms with E-state index < -0.39 is 18.6 Å². The van der Waals surface area contributed by atoms with Crippen LogP contribution < -0.4 is 15.8 Å². The van der Waals surface area contributed by atoms with Crippen LogP contribution in [0, 0.1) is 0 Å². The first kappa shape index (κ1) is 14.7. The van der Waals surface area contributed by atoms with Crippen LogP contribution in [0.2, 0.25) is 0 Å². The normalized spacial score (nSPS) is 11.4. The number of anilines is 1. The minimum atomic E-state index is -1.09. The Hall–Kier alpha value is -2.34. The molecule has 1 rings (SSSR count). The van der Waals surface area contributed by atoms with Gasteiger partial charge in [0.2, 0.25) is 5.91 Å². The Labute approximate surface area is 110 Å². The molecule has 4 N–H and O–H groups in total. The van der Waals surface area contributed by atoms with Crippen LogP contribution in [0.1, 0.15) is 6.42 Å². The van der Waals surface area contributed by atoms with E-state index in [2.05, 4.69) is 11.9 Å². The van der Waals surface area contributed by atoms with Gasteiger partial charge in [-0.05, 0) is 18.6 Å². The Bertz CT molecular complexity index is 473. The number of amides is 1. The number of carbonyl (C=O) groups excluding carboxylic acids is 1. The van der Waals surface area contributed by atoms with Gasteiger partial charge in [-0.25, -0.2) is 4.79 Å². The summed E-state index contributed by atoms with van der Waals surface area (Å²) in [4.78, 5) is 22.2. The van der Waals surface area contributed by atoms with Gasteiger partial charge in [-0.1, -0.05) is 18.2 Å². The minimum Gasteiger partial charge on any atom is -0.480 e. The number of para-hydroxylation sites is 2. The summed E-state index contributed by atoms with van der Waals surface area (Å²) in [5, 5.41) is 11.2. The lowest BCUT2D eigenvalue weighted by Gasteiger charge is -2.13. The molecule has 0 saturated heterocycles. The number of benzene rings is 1. The van der Waals surface area contributed by atoms with Gasteiger partial charge in [0.1, 0.15) is 5.75 Å². The Morgan fingerprint density at radius 2 is 2.16 bits per heavy atom. The van der Waals surface area contributed by atoms with Gasteiger partial charge in [-0.2, -0.15) is 0 Å². The second kappa shape index (κ2) is 7.17. The van der Waals surface area contributed by atoms with Crippen LogP contribution in [-0.2, 0) is 9.59 Å². The van der Waals surface area contributed by atoms with Gasteiger partial charge in [-0.15, -0.1) is 6.58 Å². The molecule has 0 aliphatic rings. The summed E-state index contributed by atoms with van der Waals surface area (Å²) in [7, 11) is 0. The van der Waals surface area contributed by atoms with Crippen molar-refractivity contribution in [2.24, 2.45) is 5.73 Å². The molecule has 1 atom stereocenters. The molecule has 0 aliphatic heterocycles. The number of carboxylic acids is 1. The number of hydrogen-bond donors (Lipinski definition) is 3. The summed E-state index contributed by atoms with van der Waals surface area (Å²) in [5.74, 6) is -1.19. The third-order valence-corrected chi connectivity index (χ3v) is 2.25. The monoisotopic (exact) mass is 264 g/mol. The first-order valence-corrected chi connectivity index (χ1v) is 5.65. The Morgan fingerprint density at radius 3 is 2.79 bits per heavy atom. The van der Waals surface area contributed by atoms with Crippen molar-refractivity contribution in [3.8, 4) is 5.75 Å². The molecule has 1 aromatic carbocycles. The molecule has 0 aromatic heterocycles. The van der Waals surface area contributed by atoms with Crippen molar-refractivity contribution in [2.75, 3.05) is 11.9 Å². The maximum absolute atomic E-state index is 11.7. The van der Waals surface area contributed by atoms with Crippen molar-refractivity contribution in [1.29, 1.82) is 0 Å². The van der Waals surface area contributed by atoms with E-state index in [0.717, 1.165) is 0 Å². The number of nitrogens with two attached hydrogens (primary N) is 1. The van der Waals surface area contributed by atoms with Crippen LogP contribution in [-0.4, -0.2) is 29.6 Å². The van der Waals surface area contributed by atoms with Crippen molar-refractivity contribution in [3.05, 3.63) is 36.9 Å². The lowest BCUT2D eigenvalue weighted by atomic mass is 10.2. The topological polar surface area (TPSA) is 102 Å². The Kier molecular flexibility index (Phi) is 5.56. The summed E-state index contributed by atoms with van der Waals surface area (Å²) < 4.78 is 5.06. The highest BCUT2D eigenvalue weighted by molar-refractivity contribution is 5.96. The maximum atomic E-state index is 11.7. The third kappa shape index (κ3) is 4.81. The van der Waals surface area contributed by atoms with Gasteiger partial charge < -0.3 is 20.9 Å². The van der Waals surface area contributed by atoms with Crippen molar-refractivity contribution in [2.45, 2.75) is 12.5 Å². The lowest BCUT2D eigenvalue weighted by Crippen LogP contribution is -2.35. The first-order valence-electron chi connectivity index (χ1n) is 5.65. The van der Waals surface area contributed by atoms with E-state index in [1.54, 1.807) is 30.3 Å². The number of hydrogen-bond acceptors (Lipinski definition) is 4. The van der Waals surface area contributed by atoms with Crippen molar-refractivity contribution >= 4 is 17.6 Å². The molecule has 0 fully saturated rings. The molecule has 0 bridgehead atoms. The first-order chi connectivity index (χ1) is 9.04. The maximum Gasteiger partial charge on any atom is 0.341 e. The third-order valence-electron chi connectivity index (χ3n) is 2.25. The Morgan fingerprint density at radius 1 is 1.47 bits per heavy atom. The largest absolute Gasteiger partial charge is 0.480 e. The Balaban J connectivity index is 2.74. The van der Waals surface area contributed by atoms with Crippen LogP contribution in [0.4, 0.5) is 5.69 Å². The van der Waals surface area contributed by atoms with E-state index >= 15 is 0 Å². The van der Waals surface area contributed by atoms with Crippen LogP contribution >= 0.6 is 0 Å². The summed E-state index contributed by atoms with van der Waals surface area (Å²) >= 11 is 0. The summed E-state index contributed by atoms with van der Waals surface area (Å²) in [6.07, 6.45) is 1.90. The average Bonchev–Trinajstić information content (AvgIpc) is 2.37. The SMILES string of the molecule is C=CCC(N)C(=O)Nc1ccccc1OCC(=O)O. The number of carboxylic acid groups (broad SMARTS) is 1. The van der Waals surface area contributed by atoms with Gasteiger partial charge >= 0.3 is 5.97 Å². The quantitative estimate of drug-likeness (QED) is 0.637. The zero-order chi connectivity index (χ0) is 14.3. The van der Waals surface area contributed by atoms with Crippen molar-refractivity contribution < 1.29 is 19.4 Å². The fourth-order valence-electron chi connectivity index (χ4n) is 1.35. The average molecular weight is 264 g/mol. The molecular formula is C13H16N2O4. The number of carbonyl (C=O) groups is 2. The molecule has 6 heteroatoms. The predicted molar refractivity (Wildman–Crippen MR) is 71.0 cm³/mol. The van der Waals surface area contributed by atoms with Gasteiger partial charge in [0, 0.05) is 0 Å². The highest BCUT2D eigenvalue weighted by atomic mass is 16.5. The predicted octanol–water partition coefficient (Wildman–Crippen LogP) is 0.992. The van der Waals surface area contributed by atoms with Crippen molar-refractivity contribution in [1.82, 2.24) is 0 Å². The number of aliphatic carboxylic acids is 1. The molecular weight excluding hydrogens is 248 g/mol. The molecule has 19 heavy (non-hydrogen) atoms. The molecule has 0 heterocycles.